The Morgan fingerprint density at radius 3 is 2.63 bits per heavy atom. The molecule has 98 valence electrons. The van der Waals surface area contributed by atoms with E-state index in [0.717, 1.165) is 5.56 Å². The zero-order valence-corrected chi connectivity index (χ0v) is 10.5. The van der Waals surface area contributed by atoms with Gasteiger partial charge < -0.3 is 9.47 Å². The molecule has 0 bridgehead atoms. The second-order valence-electron chi connectivity index (χ2n) is 3.78. The van der Waals surface area contributed by atoms with Gasteiger partial charge in [-0.05, 0) is 11.6 Å². The molecule has 1 amide bonds. The molecule has 0 fully saturated rings. The first-order valence-electron chi connectivity index (χ1n) is 5.75. The molecule has 1 heterocycles. The number of nitrogens with one attached hydrogen (secondary N) is 1. The Morgan fingerprint density at radius 1 is 1.21 bits per heavy atom. The van der Waals surface area contributed by atoms with Gasteiger partial charge in [-0.25, -0.2) is 9.78 Å². The highest BCUT2D eigenvalue weighted by atomic mass is 16.5. The first-order chi connectivity index (χ1) is 9.28. The number of amides is 1. The van der Waals surface area contributed by atoms with Crippen molar-refractivity contribution in [2.45, 2.75) is 6.61 Å². The minimum Gasteiger partial charge on any atom is -0.481 e. The molecule has 2 aromatic rings. The highest BCUT2D eigenvalue weighted by Crippen LogP contribution is 2.11. The van der Waals surface area contributed by atoms with Crippen molar-refractivity contribution in [3.63, 3.8) is 0 Å². The number of carbonyl (C=O) groups is 1. The van der Waals surface area contributed by atoms with Crippen molar-refractivity contribution in [3.05, 3.63) is 54.2 Å². The number of benzene rings is 1. The molecule has 0 atom stereocenters. The van der Waals surface area contributed by atoms with Crippen LogP contribution in [0.15, 0.2) is 48.7 Å². The lowest BCUT2D eigenvalue weighted by atomic mass is 10.2. The Morgan fingerprint density at radius 2 is 2.00 bits per heavy atom. The summed E-state index contributed by atoms with van der Waals surface area (Å²) in [6, 6.07) is 12.8. The number of carbonyl (C=O) groups excluding carboxylic acids is 1. The molecule has 0 saturated heterocycles. The first kappa shape index (κ1) is 12.9. The predicted molar refractivity (Wildman–Crippen MR) is 71.0 cm³/mol. The molecule has 5 nitrogen and oxygen atoms in total. The minimum absolute atomic E-state index is 0.232. The predicted octanol–water partition coefficient (Wildman–Crippen LogP) is 2.84. The molecule has 0 saturated carbocycles. The van der Waals surface area contributed by atoms with Gasteiger partial charge >= 0.3 is 6.09 Å². The molecule has 5 heteroatoms. The number of rotatable bonds is 4. The maximum Gasteiger partial charge on any atom is 0.412 e. The van der Waals surface area contributed by atoms with Crippen LogP contribution in [-0.2, 0) is 11.3 Å². The fraction of sp³-hybridized carbons (Fsp3) is 0.143. The lowest BCUT2D eigenvalue weighted by Gasteiger charge is -2.07. The monoisotopic (exact) mass is 258 g/mol. The summed E-state index contributed by atoms with van der Waals surface area (Å²) in [6.45, 7) is 0.232. The van der Waals surface area contributed by atoms with Gasteiger partial charge in [-0.1, -0.05) is 30.3 Å². The van der Waals surface area contributed by atoms with Crippen LogP contribution in [0.1, 0.15) is 5.56 Å². The lowest BCUT2D eigenvalue weighted by molar-refractivity contribution is 0.155. The SMILES string of the molecule is COc1ccc(NC(=O)OCc2ccccc2)cn1. The molecule has 0 unspecified atom stereocenters. The molecule has 19 heavy (non-hydrogen) atoms. The van der Waals surface area contributed by atoms with Crippen LogP contribution in [0.2, 0.25) is 0 Å². The highest BCUT2D eigenvalue weighted by Gasteiger charge is 2.04. The van der Waals surface area contributed by atoms with E-state index in [1.54, 1.807) is 12.1 Å². The summed E-state index contributed by atoms with van der Waals surface area (Å²) in [6.07, 6.45) is 0.985. The zero-order chi connectivity index (χ0) is 13.5. The third-order valence-corrected chi connectivity index (χ3v) is 2.40. The van der Waals surface area contributed by atoms with Crippen LogP contribution < -0.4 is 10.1 Å². The minimum atomic E-state index is -0.518. The number of ether oxygens (including phenoxy) is 2. The summed E-state index contributed by atoms with van der Waals surface area (Å²) in [7, 11) is 1.53. The molecule has 0 aliphatic heterocycles. The second kappa shape index (κ2) is 6.39. The van der Waals surface area contributed by atoms with Crippen molar-refractivity contribution in [3.8, 4) is 5.88 Å². The molecule has 1 aromatic heterocycles. The van der Waals surface area contributed by atoms with Gasteiger partial charge in [0.05, 0.1) is 19.0 Å². The third kappa shape index (κ3) is 3.99. The molecular weight excluding hydrogens is 244 g/mol. The van der Waals surface area contributed by atoms with Gasteiger partial charge in [-0.2, -0.15) is 0 Å². The van der Waals surface area contributed by atoms with Crippen LogP contribution in [0.5, 0.6) is 5.88 Å². The Labute approximate surface area is 111 Å². The average molecular weight is 258 g/mol. The fourth-order valence-corrected chi connectivity index (χ4v) is 1.45. The van der Waals surface area contributed by atoms with E-state index in [1.165, 1.54) is 13.3 Å². The summed E-state index contributed by atoms with van der Waals surface area (Å²) < 4.78 is 10.0. The number of hydrogen-bond acceptors (Lipinski definition) is 4. The molecular formula is C14H14N2O3. The van der Waals surface area contributed by atoms with Crippen LogP contribution in [-0.4, -0.2) is 18.2 Å². The topological polar surface area (TPSA) is 60.5 Å². The van der Waals surface area contributed by atoms with Crippen molar-refractivity contribution in [2.75, 3.05) is 12.4 Å². The van der Waals surface area contributed by atoms with E-state index in [2.05, 4.69) is 10.3 Å². The highest BCUT2D eigenvalue weighted by molar-refractivity contribution is 5.84. The van der Waals surface area contributed by atoms with Crippen LogP contribution >= 0.6 is 0 Å². The van der Waals surface area contributed by atoms with Crippen molar-refractivity contribution in [1.29, 1.82) is 0 Å². The maximum atomic E-state index is 11.5. The molecule has 1 N–H and O–H groups in total. The zero-order valence-electron chi connectivity index (χ0n) is 10.5. The van der Waals surface area contributed by atoms with Crippen molar-refractivity contribution in [1.82, 2.24) is 4.98 Å². The third-order valence-electron chi connectivity index (χ3n) is 2.40. The van der Waals surface area contributed by atoms with E-state index < -0.39 is 6.09 Å². The Balaban J connectivity index is 1.83. The van der Waals surface area contributed by atoms with Gasteiger partial charge in [0.25, 0.3) is 0 Å². The quantitative estimate of drug-likeness (QED) is 0.916. The van der Waals surface area contributed by atoms with Crippen molar-refractivity contribution >= 4 is 11.8 Å². The average Bonchev–Trinajstić information content (AvgIpc) is 2.47. The number of aromatic nitrogens is 1. The van der Waals surface area contributed by atoms with E-state index in [4.69, 9.17) is 9.47 Å². The fourth-order valence-electron chi connectivity index (χ4n) is 1.45. The normalized spacial score (nSPS) is 9.74. The number of hydrogen-bond donors (Lipinski definition) is 1. The molecule has 0 aliphatic rings. The summed E-state index contributed by atoms with van der Waals surface area (Å²) in [5, 5.41) is 2.58. The number of methoxy groups -OCH3 is 1. The number of anilines is 1. The summed E-state index contributed by atoms with van der Waals surface area (Å²) in [5.41, 5.74) is 1.49. The molecule has 0 spiro atoms. The van der Waals surface area contributed by atoms with E-state index in [0.29, 0.717) is 11.6 Å². The maximum absolute atomic E-state index is 11.5. The second-order valence-corrected chi connectivity index (χ2v) is 3.78. The summed E-state index contributed by atoms with van der Waals surface area (Å²) in [5.74, 6) is 0.489. The lowest BCUT2D eigenvalue weighted by Crippen LogP contribution is -2.13. The summed E-state index contributed by atoms with van der Waals surface area (Å²) >= 11 is 0. The van der Waals surface area contributed by atoms with Gasteiger partial charge in [0.15, 0.2) is 0 Å². The van der Waals surface area contributed by atoms with Gasteiger partial charge in [0.1, 0.15) is 6.61 Å². The van der Waals surface area contributed by atoms with Crippen molar-refractivity contribution in [2.24, 2.45) is 0 Å². The summed E-state index contributed by atoms with van der Waals surface area (Å²) in [4.78, 5) is 15.5. The molecule has 0 aliphatic carbocycles. The van der Waals surface area contributed by atoms with E-state index in [-0.39, 0.29) is 6.61 Å². The van der Waals surface area contributed by atoms with Gasteiger partial charge in [0.2, 0.25) is 5.88 Å². The van der Waals surface area contributed by atoms with E-state index in [9.17, 15) is 4.79 Å². The van der Waals surface area contributed by atoms with Gasteiger partial charge in [-0.3, -0.25) is 5.32 Å². The van der Waals surface area contributed by atoms with E-state index in [1.807, 2.05) is 30.3 Å². The van der Waals surface area contributed by atoms with E-state index >= 15 is 0 Å². The van der Waals surface area contributed by atoms with Gasteiger partial charge in [0, 0.05) is 6.07 Å². The molecule has 0 radical (unpaired) electrons. The Kier molecular flexibility index (Phi) is 4.34. The smallest absolute Gasteiger partial charge is 0.412 e. The van der Waals surface area contributed by atoms with Crippen molar-refractivity contribution < 1.29 is 14.3 Å². The van der Waals surface area contributed by atoms with Crippen LogP contribution in [0.4, 0.5) is 10.5 Å². The largest absolute Gasteiger partial charge is 0.481 e. The first-order valence-corrected chi connectivity index (χ1v) is 5.75. The van der Waals surface area contributed by atoms with Crippen LogP contribution in [0.3, 0.4) is 0 Å². The Bertz CT molecular complexity index is 526. The number of pyridine rings is 1. The molecule has 2 rings (SSSR count). The van der Waals surface area contributed by atoms with Gasteiger partial charge in [-0.15, -0.1) is 0 Å². The number of nitrogens with zero attached hydrogens (tertiary/aromatic N) is 1. The standard InChI is InChI=1S/C14H14N2O3/c1-18-13-8-7-12(9-15-13)16-14(17)19-10-11-5-3-2-4-6-11/h2-9H,10H2,1H3,(H,16,17). The Hall–Kier alpha value is -2.56. The molecule has 1 aromatic carbocycles. The van der Waals surface area contributed by atoms with Crippen LogP contribution in [0, 0.1) is 0 Å². The van der Waals surface area contributed by atoms with Crippen LogP contribution in [0.25, 0.3) is 0 Å².